The normalized spacial score (nSPS) is 12.5. The lowest BCUT2D eigenvalue weighted by molar-refractivity contribution is 0.130. The second-order valence-corrected chi connectivity index (χ2v) is 8.22. The quantitative estimate of drug-likeness (QED) is 0.461. The number of fused-ring (bicyclic) bond motifs is 2. The number of hydrogen-bond donors (Lipinski definition) is 1. The Morgan fingerprint density at radius 2 is 1.59 bits per heavy atom. The molecule has 0 aliphatic heterocycles. The number of benzene rings is 3. The fourth-order valence-electron chi connectivity index (χ4n) is 4.11. The van der Waals surface area contributed by atoms with Gasteiger partial charge in [0.1, 0.15) is 0 Å². The summed E-state index contributed by atoms with van der Waals surface area (Å²) >= 11 is 0. The molecule has 6 nitrogen and oxygen atoms in total. The number of hydrogen-bond acceptors (Lipinski definition) is 4. The Morgan fingerprint density at radius 3 is 2.38 bits per heavy atom. The van der Waals surface area contributed by atoms with Gasteiger partial charge in [0.2, 0.25) is 0 Å². The second-order valence-electron chi connectivity index (χ2n) is 8.22. The Labute approximate surface area is 185 Å². The summed E-state index contributed by atoms with van der Waals surface area (Å²) in [6.07, 6.45) is 0.933. The highest BCUT2D eigenvalue weighted by atomic mass is 16.3. The summed E-state index contributed by atoms with van der Waals surface area (Å²) in [5.74, 6) is 0. The molecule has 3 aromatic carbocycles. The van der Waals surface area contributed by atoms with Crippen molar-refractivity contribution in [1.82, 2.24) is 19.3 Å². The van der Waals surface area contributed by atoms with E-state index in [2.05, 4.69) is 36.1 Å². The number of aliphatic hydroxyl groups is 1. The number of aryl methyl sites for hydroxylation is 2. The second kappa shape index (κ2) is 8.05. The van der Waals surface area contributed by atoms with Crippen molar-refractivity contribution in [2.45, 2.75) is 33.0 Å². The monoisotopic (exact) mass is 424 g/mol. The van der Waals surface area contributed by atoms with Gasteiger partial charge in [-0.2, -0.15) is 5.10 Å². The van der Waals surface area contributed by atoms with Crippen molar-refractivity contribution in [3.8, 4) is 11.3 Å². The van der Waals surface area contributed by atoms with Gasteiger partial charge in [-0.05, 0) is 43.2 Å². The SMILES string of the molecule is Cc1cc2ncn(CC(O)Cn3nc(-c4ccccc4)c4ccccc4c3=O)c2cc1C. The van der Waals surface area contributed by atoms with Gasteiger partial charge >= 0.3 is 0 Å². The van der Waals surface area contributed by atoms with Crippen LogP contribution in [-0.4, -0.2) is 30.5 Å². The molecule has 0 radical (unpaired) electrons. The minimum absolute atomic E-state index is 0.0913. The lowest BCUT2D eigenvalue weighted by Crippen LogP contribution is -2.31. The minimum Gasteiger partial charge on any atom is -0.389 e. The predicted molar refractivity (Wildman–Crippen MR) is 127 cm³/mol. The summed E-state index contributed by atoms with van der Waals surface area (Å²) in [7, 11) is 0. The van der Waals surface area contributed by atoms with Gasteiger partial charge in [0, 0.05) is 10.9 Å². The van der Waals surface area contributed by atoms with Crippen molar-refractivity contribution < 1.29 is 5.11 Å². The van der Waals surface area contributed by atoms with E-state index in [0.29, 0.717) is 11.9 Å². The van der Waals surface area contributed by atoms with Crippen LogP contribution in [0.2, 0.25) is 0 Å². The fraction of sp³-hybridized carbons (Fsp3) is 0.192. The third kappa shape index (κ3) is 3.59. The first-order valence-electron chi connectivity index (χ1n) is 10.7. The number of imidazole rings is 1. The van der Waals surface area contributed by atoms with E-state index in [4.69, 9.17) is 0 Å². The maximum atomic E-state index is 13.1. The molecule has 2 heterocycles. The molecule has 0 aliphatic rings. The molecule has 2 aromatic heterocycles. The molecule has 32 heavy (non-hydrogen) atoms. The van der Waals surface area contributed by atoms with E-state index in [1.54, 1.807) is 6.33 Å². The molecule has 0 aliphatic carbocycles. The zero-order chi connectivity index (χ0) is 22.2. The predicted octanol–water partition coefficient (Wildman–Crippen LogP) is 4.09. The van der Waals surface area contributed by atoms with E-state index in [9.17, 15) is 9.90 Å². The van der Waals surface area contributed by atoms with E-state index in [1.807, 2.05) is 59.2 Å². The summed E-state index contributed by atoms with van der Waals surface area (Å²) in [5, 5.41) is 16.9. The van der Waals surface area contributed by atoms with Crippen molar-refractivity contribution in [2.24, 2.45) is 0 Å². The first kappa shape index (κ1) is 20.2. The van der Waals surface area contributed by atoms with Crippen LogP contribution in [0.1, 0.15) is 11.1 Å². The molecule has 0 bridgehead atoms. The molecule has 0 amide bonds. The van der Waals surface area contributed by atoms with Crippen LogP contribution in [0, 0.1) is 13.8 Å². The average molecular weight is 425 g/mol. The summed E-state index contributed by atoms with van der Waals surface area (Å²) in [6, 6.07) is 21.4. The topological polar surface area (TPSA) is 72.9 Å². The van der Waals surface area contributed by atoms with Crippen LogP contribution in [0.4, 0.5) is 0 Å². The van der Waals surface area contributed by atoms with Crippen LogP contribution in [0.5, 0.6) is 0 Å². The fourth-order valence-corrected chi connectivity index (χ4v) is 4.11. The van der Waals surface area contributed by atoms with Gasteiger partial charge in [-0.1, -0.05) is 48.5 Å². The molecule has 5 rings (SSSR count). The molecule has 0 saturated carbocycles. The molecule has 0 spiro atoms. The van der Waals surface area contributed by atoms with E-state index in [-0.39, 0.29) is 12.1 Å². The van der Waals surface area contributed by atoms with Crippen LogP contribution in [0.25, 0.3) is 33.1 Å². The van der Waals surface area contributed by atoms with Crippen molar-refractivity contribution in [3.63, 3.8) is 0 Å². The molecule has 0 saturated heterocycles. The highest BCUT2D eigenvalue weighted by Gasteiger charge is 2.16. The maximum absolute atomic E-state index is 13.1. The van der Waals surface area contributed by atoms with Crippen molar-refractivity contribution in [3.05, 3.63) is 94.5 Å². The molecule has 6 heteroatoms. The Hall–Kier alpha value is -3.77. The van der Waals surface area contributed by atoms with E-state index in [0.717, 1.165) is 27.7 Å². The highest BCUT2D eigenvalue weighted by Crippen LogP contribution is 2.24. The molecule has 1 atom stereocenters. The smallest absolute Gasteiger partial charge is 0.274 e. The lowest BCUT2D eigenvalue weighted by atomic mass is 10.1. The van der Waals surface area contributed by atoms with E-state index in [1.165, 1.54) is 15.8 Å². The van der Waals surface area contributed by atoms with Gasteiger partial charge in [-0.25, -0.2) is 9.67 Å². The summed E-state index contributed by atoms with van der Waals surface area (Å²) in [5.41, 5.74) is 5.67. The molecule has 1 unspecified atom stereocenters. The molecule has 1 N–H and O–H groups in total. The van der Waals surface area contributed by atoms with Gasteiger partial charge in [-0.15, -0.1) is 0 Å². The summed E-state index contributed by atoms with van der Waals surface area (Å²) in [6.45, 7) is 4.53. The highest BCUT2D eigenvalue weighted by molar-refractivity contribution is 5.93. The van der Waals surface area contributed by atoms with Crippen molar-refractivity contribution >= 4 is 21.8 Å². The van der Waals surface area contributed by atoms with E-state index < -0.39 is 6.10 Å². The number of aliphatic hydroxyl groups excluding tert-OH is 1. The van der Waals surface area contributed by atoms with Crippen LogP contribution < -0.4 is 5.56 Å². The number of nitrogens with zero attached hydrogens (tertiary/aromatic N) is 4. The Bertz CT molecular complexity index is 1490. The standard InChI is InChI=1S/C26H24N4O2/c1-17-12-23-24(13-18(17)2)29(16-27-23)14-20(31)15-30-26(32)22-11-7-6-10-21(22)25(28-30)19-8-4-3-5-9-19/h3-13,16,20,31H,14-15H2,1-2H3. The Morgan fingerprint density at radius 1 is 0.906 bits per heavy atom. The summed E-state index contributed by atoms with van der Waals surface area (Å²) in [4.78, 5) is 17.6. The van der Waals surface area contributed by atoms with Gasteiger partial charge in [0.15, 0.2) is 0 Å². The third-order valence-corrected chi connectivity index (χ3v) is 5.94. The van der Waals surface area contributed by atoms with Crippen molar-refractivity contribution in [2.75, 3.05) is 0 Å². The van der Waals surface area contributed by atoms with Crippen LogP contribution in [0.3, 0.4) is 0 Å². The van der Waals surface area contributed by atoms with Gasteiger partial charge < -0.3 is 9.67 Å². The first-order chi connectivity index (χ1) is 15.5. The Balaban J connectivity index is 1.51. The number of aromatic nitrogens is 4. The Kier molecular flexibility index (Phi) is 5.07. The first-order valence-corrected chi connectivity index (χ1v) is 10.7. The minimum atomic E-state index is -0.802. The van der Waals surface area contributed by atoms with Crippen molar-refractivity contribution in [1.29, 1.82) is 0 Å². The molecule has 5 aromatic rings. The maximum Gasteiger partial charge on any atom is 0.274 e. The summed E-state index contributed by atoms with van der Waals surface area (Å²) < 4.78 is 3.31. The van der Waals surface area contributed by atoms with Gasteiger partial charge in [-0.3, -0.25) is 4.79 Å². The average Bonchev–Trinajstić information content (AvgIpc) is 3.17. The molecular weight excluding hydrogens is 400 g/mol. The molecule has 160 valence electrons. The number of rotatable bonds is 5. The van der Waals surface area contributed by atoms with Crippen LogP contribution in [-0.2, 0) is 13.1 Å². The largest absolute Gasteiger partial charge is 0.389 e. The lowest BCUT2D eigenvalue weighted by Gasteiger charge is -2.16. The van der Waals surface area contributed by atoms with E-state index >= 15 is 0 Å². The van der Waals surface area contributed by atoms with Gasteiger partial charge in [0.05, 0.1) is 47.6 Å². The van der Waals surface area contributed by atoms with Gasteiger partial charge in [0.25, 0.3) is 5.56 Å². The molecular formula is C26H24N4O2. The van der Waals surface area contributed by atoms with Crippen LogP contribution in [0.15, 0.2) is 77.9 Å². The molecule has 0 fully saturated rings. The zero-order valence-corrected chi connectivity index (χ0v) is 18.1. The van der Waals surface area contributed by atoms with Crippen LogP contribution >= 0.6 is 0 Å². The third-order valence-electron chi connectivity index (χ3n) is 5.94. The zero-order valence-electron chi connectivity index (χ0n) is 18.1.